The Bertz CT molecular complexity index is 359. The molecule has 0 unspecified atom stereocenters. The second kappa shape index (κ2) is 4.19. The highest BCUT2D eigenvalue weighted by atomic mass is 35.5. The van der Waals surface area contributed by atoms with Crippen LogP contribution in [0.3, 0.4) is 0 Å². The summed E-state index contributed by atoms with van der Waals surface area (Å²) in [7, 11) is 0. The number of halogens is 4. The summed E-state index contributed by atoms with van der Waals surface area (Å²) in [5, 5.41) is -0.909. The number of alkyl halides is 2. The fourth-order valence-corrected chi connectivity index (χ4v) is 1.63. The Kier molecular flexibility index (Phi) is 3.39. The molecule has 0 aromatic carbocycles. The van der Waals surface area contributed by atoms with Crippen LogP contribution in [0.4, 0.5) is 8.78 Å². The van der Waals surface area contributed by atoms with Gasteiger partial charge in [-0.05, 0) is 24.6 Å². The second-order valence-corrected chi connectivity index (χ2v) is 3.31. The molecule has 1 rings (SSSR count). The molecule has 1 aromatic rings. The van der Waals surface area contributed by atoms with Gasteiger partial charge >= 0.3 is 0 Å². The van der Waals surface area contributed by atoms with Gasteiger partial charge in [0.05, 0.1) is 16.3 Å². The molecule has 2 nitrogen and oxygen atoms in total. The van der Waals surface area contributed by atoms with Gasteiger partial charge in [-0.1, -0.05) is 11.6 Å². The molecule has 0 saturated carbocycles. The van der Waals surface area contributed by atoms with Crippen LogP contribution in [0.15, 0.2) is 6.07 Å². The summed E-state index contributed by atoms with van der Waals surface area (Å²) in [6.07, 6.45) is -2.72. The van der Waals surface area contributed by atoms with E-state index in [1.807, 2.05) is 0 Å². The van der Waals surface area contributed by atoms with Gasteiger partial charge in [0.2, 0.25) is 0 Å². The lowest BCUT2D eigenvalue weighted by atomic mass is 10.2. The van der Waals surface area contributed by atoms with Crippen LogP contribution >= 0.6 is 23.2 Å². The molecule has 0 N–H and O–H groups in total. The number of hydrogen-bond donors (Lipinski definition) is 0. The zero-order chi connectivity index (χ0) is 10.9. The minimum atomic E-state index is -2.72. The molecule has 0 saturated heterocycles. The number of carbonyl (C=O) groups is 1. The predicted octanol–water partition coefficient (Wildman–Crippen LogP) is 3.36. The molecule has 76 valence electrons. The average molecular weight is 240 g/mol. The van der Waals surface area contributed by atoms with Crippen LogP contribution in [0.2, 0.25) is 5.02 Å². The Labute approximate surface area is 88.8 Å². The molecule has 0 bridgehead atoms. The quantitative estimate of drug-likeness (QED) is 0.742. The number of nitrogens with zero attached hydrogens (tertiary/aromatic N) is 1. The fraction of sp³-hybridized carbons (Fsp3) is 0.250. The van der Waals surface area contributed by atoms with Crippen molar-refractivity contribution >= 4 is 28.4 Å². The molecule has 1 aromatic heterocycles. The molecule has 1 heterocycles. The molecule has 6 heteroatoms. The van der Waals surface area contributed by atoms with E-state index in [-0.39, 0.29) is 16.3 Å². The number of pyridine rings is 1. The van der Waals surface area contributed by atoms with E-state index >= 15 is 0 Å². The smallest absolute Gasteiger partial charge is 0.275 e. The lowest BCUT2D eigenvalue weighted by Gasteiger charge is -2.05. The predicted molar refractivity (Wildman–Crippen MR) is 49.1 cm³/mol. The maximum absolute atomic E-state index is 12.2. The lowest BCUT2D eigenvalue weighted by Crippen LogP contribution is -2.01. The summed E-state index contributed by atoms with van der Waals surface area (Å²) in [6, 6.07) is 0.939. The highest BCUT2D eigenvalue weighted by molar-refractivity contribution is 6.68. The van der Waals surface area contributed by atoms with Gasteiger partial charge in [-0.2, -0.15) is 0 Å². The van der Waals surface area contributed by atoms with E-state index in [0.717, 1.165) is 6.07 Å². The van der Waals surface area contributed by atoms with Crippen LogP contribution in [0.25, 0.3) is 0 Å². The van der Waals surface area contributed by atoms with E-state index in [0.29, 0.717) is 0 Å². The Hall–Kier alpha value is -0.740. The van der Waals surface area contributed by atoms with Crippen LogP contribution < -0.4 is 0 Å². The minimum Gasteiger partial charge on any atom is -0.275 e. The molecule has 0 radical (unpaired) electrons. The number of aryl methyl sites for hydroxylation is 1. The SMILES string of the molecule is Cc1nc(C(F)F)cc(Cl)c1C(=O)Cl. The van der Waals surface area contributed by atoms with Crippen molar-refractivity contribution in [2.45, 2.75) is 13.3 Å². The van der Waals surface area contributed by atoms with Crippen molar-refractivity contribution in [1.82, 2.24) is 4.98 Å². The van der Waals surface area contributed by atoms with Gasteiger partial charge in [-0.25, -0.2) is 8.78 Å². The first-order chi connectivity index (χ1) is 6.43. The molecule has 14 heavy (non-hydrogen) atoms. The van der Waals surface area contributed by atoms with Crippen LogP contribution in [-0.2, 0) is 0 Å². The maximum Gasteiger partial charge on any atom is 0.280 e. The van der Waals surface area contributed by atoms with Crippen LogP contribution in [-0.4, -0.2) is 10.2 Å². The summed E-state index contributed by atoms with van der Waals surface area (Å²) in [5.41, 5.74) is -0.389. The van der Waals surface area contributed by atoms with Crippen LogP contribution in [0, 0.1) is 6.92 Å². The van der Waals surface area contributed by atoms with Crippen molar-refractivity contribution in [1.29, 1.82) is 0 Å². The van der Waals surface area contributed by atoms with Gasteiger partial charge < -0.3 is 0 Å². The van der Waals surface area contributed by atoms with Crippen molar-refractivity contribution < 1.29 is 13.6 Å². The number of aromatic nitrogens is 1. The van der Waals surface area contributed by atoms with Crippen molar-refractivity contribution in [3.05, 3.63) is 28.0 Å². The molecule has 0 spiro atoms. The topological polar surface area (TPSA) is 30.0 Å². The first-order valence-electron chi connectivity index (χ1n) is 3.58. The van der Waals surface area contributed by atoms with Crippen molar-refractivity contribution in [2.24, 2.45) is 0 Å². The largest absolute Gasteiger partial charge is 0.280 e. The lowest BCUT2D eigenvalue weighted by molar-refractivity contribution is 0.107. The number of hydrogen-bond acceptors (Lipinski definition) is 2. The van der Waals surface area contributed by atoms with Gasteiger partial charge in [-0.3, -0.25) is 9.78 Å². The van der Waals surface area contributed by atoms with Crippen LogP contribution in [0.1, 0.15) is 28.2 Å². The Morgan fingerprint density at radius 3 is 2.50 bits per heavy atom. The highest BCUT2D eigenvalue weighted by Crippen LogP contribution is 2.26. The molecular formula is C8H5Cl2F2NO. The Morgan fingerprint density at radius 1 is 1.57 bits per heavy atom. The molecule has 0 atom stereocenters. The van der Waals surface area contributed by atoms with Gasteiger partial charge in [0.25, 0.3) is 11.7 Å². The normalized spacial score (nSPS) is 10.7. The third-order valence-electron chi connectivity index (χ3n) is 1.59. The number of rotatable bonds is 2. The van der Waals surface area contributed by atoms with Crippen LogP contribution in [0.5, 0.6) is 0 Å². The monoisotopic (exact) mass is 239 g/mol. The van der Waals surface area contributed by atoms with E-state index in [1.165, 1.54) is 6.92 Å². The molecule has 0 aliphatic heterocycles. The summed E-state index contributed by atoms with van der Waals surface area (Å²) in [5.74, 6) is 0. The first-order valence-corrected chi connectivity index (χ1v) is 4.34. The van der Waals surface area contributed by atoms with Crippen molar-refractivity contribution in [2.75, 3.05) is 0 Å². The third kappa shape index (κ3) is 2.19. The Balaban J connectivity index is 3.32. The van der Waals surface area contributed by atoms with E-state index < -0.39 is 17.4 Å². The maximum atomic E-state index is 12.2. The standard InChI is InChI=1S/C8H5Cl2F2NO/c1-3-6(7(10)14)4(9)2-5(13-3)8(11)12/h2,8H,1H3. The third-order valence-corrected chi connectivity index (χ3v) is 2.08. The van der Waals surface area contributed by atoms with E-state index in [2.05, 4.69) is 4.98 Å². The minimum absolute atomic E-state index is 0.0299. The molecule has 0 aliphatic carbocycles. The Morgan fingerprint density at radius 2 is 2.14 bits per heavy atom. The zero-order valence-electron chi connectivity index (χ0n) is 7.02. The van der Waals surface area contributed by atoms with Gasteiger partial charge in [0, 0.05) is 0 Å². The van der Waals surface area contributed by atoms with Gasteiger partial charge in [0.1, 0.15) is 5.69 Å². The summed E-state index contributed by atoms with van der Waals surface area (Å²) >= 11 is 10.8. The highest BCUT2D eigenvalue weighted by Gasteiger charge is 2.17. The first kappa shape index (κ1) is 11.3. The van der Waals surface area contributed by atoms with Gasteiger partial charge in [-0.15, -0.1) is 0 Å². The zero-order valence-corrected chi connectivity index (χ0v) is 8.53. The van der Waals surface area contributed by atoms with Gasteiger partial charge in [0.15, 0.2) is 0 Å². The van der Waals surface area contributed by atoms with E-state index in [1.54, 1.807) is 0 Å². The van der Waals surface area contributed by atoms with E-state index in [4.69, 9.17) is 23.2 Å². The second-order valence-electron chi connectivity index (χ2n) is 2.56. The molecule has 0 fully saturated rings. The average Bonchev–Trinajstić information content (AvgIpc) is 2.01. The summed E-state index contributed by atoms with van der Waals surface area (Å²) in [4.78, 5) is 14.3. The van der Waals surface area contributed by atoms with Crippen molar-refractivity contribution in [3.63, 3.8) is 0 Å². The van der Waals surface area contributed by atoms with Crippen molar-refractivity contribution in [3.8, 4) is 0 Å². The summed E-state index contributed by atoms with van der Waals surface area (Å²) in [6.45, 7) is 1.40. The molecular weight excluding hydrogens is 235 g/mol. The van der Waals surface area contributed by atoms with E-state index in [9.17, 15) is 13.6 Å². The molecule has 0 aliphatic rings. The number of carbonyl (C=O) groups excluding carboxylic acids is 1. The summed E-state index contributed by atoms with van der Waals surface area (Å²) < 4.78 is 24.4. The fourth-order valence-electron chi connectivity index (χ4n) is 1.00. The molecule has 0 amide bonds.